The summed E-state index contributed by atoms with van der Waals surface area (Å²) in [5.41, 5.74) is 0.858. The van der Waals surface area contributed by atoms with Crippen molar-refractivity contribution in [2.24, 2.45) is 5.92 Å². The van der Waals surface area contributed by atoms with E-state index < -0.39 is 11.6 Å². The summed E-state index contributed by atoms with van der Waals surface area (Å²) in [7, 11) is 0. The van der Waals surface area contributed by atoms with Crippen molar-refractivity contribution in [3.05, 3.63) is 54.4 Å². The van der Waals surface area contributed by atoms with Crippen molar-refractivity contribution in [1.29, 1.82) is 0 Å². The molecule has 1 amide bonds. The van der Waals surface area contributed by atoms with Gasteiger partial charge in [-0.3, -0.25) is 4.79 Å². The van der Waals surface area contributed by atoms with Crippen LogP contribution in [0.2, 0.25) is 0 Å². The summed E-state index contributed by atoms with van der Waals surface area (Å²) in [4.78, 5) is 16.9. The van der Waals surface area contributed by atoms with E-state index in [9.17, 15) is 9.90 Å². The predicted octanol–water partition coefficient (Wildman–Crippen LogP) is 3.24. The van der Waals surface area contributed by atoms with Gasteiger partial charge in [0, 0.05) is 11.3 Å². The molecule has 27 heavy (non-hydrogen) atoms. The van der Waals surface area contributed by atoms with Gasteiger partial charge in [0.15, 0.2) is 11.4 Å². The van der Waals surface area contributed by atoms with Crippen LogP contribution in [0, 0.1) is 5.92 Å². The van der Waals surface area contributed by atoms with Crippen LogP contribution in [0.3, 0.4) is 0 Å². The lowest BCUT2D eigenvalue weighted by atomic mass is 10.0. The van der Waals surface area contributed by atoms with Crippen LogP contribution in [-0.4, -0.2) is 31.3 Å². The molecule has 0 bridgehead atoms. The molecule has 3 aromatic heterocycles. The third-order valence-corrected chi connectivity index (χ3v) is 4.76. The molecule has 0 aliphatic rings. The van der Waals surface area contributed by atoms with Crippen LogP contribution in [0.15, 0.2) is 53.1 Å². The topological polar surface area (TPSA) is 92.7 Å². The first-order chi connectivity index (χ1) is 12.8. The highest BCUT2D eigenvalue weighted by Crippen LogP contribution is 2.27. The number of amides is 1. The zero-order valence-corrected chi connectivity index (χ0v) is 15.3. The molecule has 0 spiro atoms. The Bertz CT molecular complexity index is 1110. The summed E-state index contributed by atoms with van der Waals surface area (Å²) >= 11 is 0. The summed E-state index contributed by atoms with van der Waals surface area (Å²) in [5.74, 6) is 0.00678. The minimum Gasteiger partial charge on any atom is -0.454 e. The number of fused-ring (bicyclic) bond motifs is 2. The van der Waals surface area contributed by atoms with Gasteiger partial charge in [0.2, 0.25) is 0 Å². The fraction of sp³-hybridized carbons (Fsp3) is 0.250. The van der Waals surface area contributed by atoms with E-state index in [-0.39, 0.29) is 11.6 Å². The molecule has 4 aromatic rings. The van der Waals surface area contributed by atoms with Crippen molar-refractivity contribution in [1.82, 2.24) is 19.9 Å². The Morgan fingerprint density at radius 2 is 2.04 bits per heavy atom. The fourth-order valence-electron chi connectivity index (χ4n) is 2.71. The molecule has 3 heterocycles. The van der Waals surface area contributed by atoms with Crippen molar-refractivity contribution >= 4 is 22.5 Å². The van der Waals surface area contributed by atoms with E-state index in [1.165, 1.54) is 0 Å². The molecule has 138 valence electrons. The van der Waals surface area contributed by atoms with Gasteiger partial charge < -0.3 is 14.8 Å². The van der Waals surface area contributed by atoms with Gasteiger partial charge in [-0.05, 0) is 31.2 Å². The second-order valence-corrected chi connectivity index (χ2v) is 7.04. The summed E-state index contributed by atoms with van der Waals surface area (Å²) in [6.07, 6.45) is 1.66. The Balaban J connectivity index is 1.74. The van der Waals surface area contributed by atoms with Gasteiger partial charge in [0.05, 0.1) is 6.20 Å². The van der Waals surface area contributed by atoms with E-state index in [0.717, 1.165) is 11.0 Å². The Hall–Kier alpha value is -3.19. The maximum atomic E-state index is 12.5. The highest BCUT2D eigenvalue weighted by Gasteiger charge is 2.28. The number of aliphatic hydroxyl groups is 1. The molecule has 2 N–H and O–H groups in total. The number of nitrogens with zero attached hydrogens (tertiary/aromatic N) is 3. The lowest BCUT2D eigenvalue weighted by Gasteiger charge is -2.28. The van der Waals surface area contributed by atoms with Crippen LogP contribution in [0.4, 0.5) is 0 Å². The van der Waals surface area contributed by atoms with E-state index in [1.54, 1.807) is 29.8 Å². The fourth-order valence-corrected chi connectivity index (χ4v) is 2.71. The molecule has 0 aliphatic heterocycles. The lowest BCUT2D eigenvalue weighted by molar-refractivity contribution is -0.0145. The summed E-state index contributed by atoms with van der Waals surface area (Å²) < 4.78 is 7.46. The number of nitrogens with one attached hydrogen (secondary N) is 1. The minimum absolute atomic E-state index is 0.149. The van der Waals surface area contributed by atoms with E-state index in [0.29, 0.717) is 17.1 Å². The van der Waals surface area contributed by atoms with Crippen LogP contribution in [-0.2, 0) is 0 Å². The molecule has 1 aromatic carbocycles. The largest absolute Gasteiger partial charge is 0.454 e. The molecule has 0 radical (unpaired) electrons. The Morgan fingerprint density at radius 1 is 1.26 bits per heavy atom. The standard InChI is InChI=1S/C20H20N4O3/c1-12(2)20(3,26)22-19(25)14-8-9-18-21-11-15(24(18)23-14)17-10-13-6-4-5-7-16(13)27-17/h4-12,26H,1-3H3,(H,22,25). The van der Waals surface area contributed by atoms with E-state index >= 15 is 0 Å². The number of hydrogen-bond donors (Lipinski definition) is 2. The van der Waals surface area contributed by atoms with Gasteiger partial charge in [-0.15, -0.1) is 0 Å². The van der Waals surface area contributed by atoms with Gasteiger partial charge in [-0.1, -0.05) is 32.0 Å². The van der Waals surface area contributed by atoms with Crippen LogP contribution in [0.1, 0.15) is 31.3 Å². The molecule has 1 unspecified atom stereocenters. The highest BCUT2D eigenvalue weighted by molar-refractivity contribution is 5.92. The van der Waals surface area contributed by atoms with Gasteiger partial charge in [-0.2, -0.15) is 5.10 Å². The number of aromatic nitrogens is 3. The Labute approximate surface area is 155 Å². The van der Waals surface area contributed by atoms with Crippen molar-refractivity contribution in [3.63, 3.8) is 0 Å². The first-order valence-electron chi connectivity index (χ1n) is 8.74. The SMILES string of the molecule is CC(C)C(C)(O)NC(=O)c1ccc2ncc(-c3cc4ccccc4o3)n2n1. The molecular formula is C20H20N4O3. The maximum Gasteiger partial charge on any atom is 0.273 e. The van der Waals surface area contributed by atoms with Crippen LogP contribution in [0.25, 0.3) is 28.1 Å². The number of carbonyl (C=O) groups excluding carboxylic acids is 1. The maximum absolute atomic E-state index is 12.5. The molecule has 4 rings (SSSR count). The average Bonchev–Trinajstić information content (AvgIpc) is 3.24. The first-order valence-corrected chi connectivity index (χ1v) is 8.74. The number of rotatable bonds is 4. The molecular weight excluding hydrogens is 344 g/mol. The van der Waals surface area contributed by atoms with Crippen LogP contribution in [0.5, 0.6) is 0 Å². The Kier molecular flexibility index (Phi) is 3.96. The smallest absolute Gasteiger partial charge is 0.273 e. The van der Waals surface area contributed by atoms with Crippen molar-refractivity contribution in [2.45, 2.75) is 26.5 Å². The minimum atomic E-state index is -1.33. The number of imidazole rings is 1. The highest BCUT2D eigenvalue weighted by atomic mass is 16.3. The van der Waals surface area contributed by atoms with Crippen molar-refractivity contribution in [2.75, 3.05) is 0 Å². The van der Waals surface area contributed by atoms with E-state index in [4.69, 9.17) is 4.42 Å². The molecule has 0 saturated carbocycles. The summed E-state index contributed by atoms with van der Waals surface area (Å²) in [5, 5.41) is 18.3. The zero-order chi connectivity index (χ0) is 19.2. The summed E-state index contributed by atoms with van der Waals surface area (Å²) in [6.45, 7) is 5.21. The second kappa shape index (κ2) is 6.21. The monoisotopic (exact) mass is 364 g/mol. The molecule has 7 nitrogen and oxygen atoms in total. The predicted molar refractivity (Wildman–Crippen MR) is 101 cm³/mol. The molecule has 0 aliphatic carbocycles. The van der Waals surface area contributed by atoms with Crippen molar-refractivity contribution in [3.8, 4) is 11.5 Å². The van der Waals surface area contributed by atoms with E-state index in [1.807, 2.05) is 44.2 Å². The quantitative estimate of drug-likeness (QED) is 0.542. The average molecular weight is 364 g/mol. The molecule has 0 fully saturated rings. The van der Waals surface area contributed by atoms with E-state index in [2.05, 4.69) is 15.4 Å². The van der Waals surface area contributed by atoms with Gasteiger partial charge in [-0.25, -0.2) is 9.50 Å². The molecule has 7 heteroatoms. The Morgan fingerprint density at radius 3 is 2.78 bits per heavy atom. The first kappa shape index (κ1) is 17.2. The third-order valence-electron chi connectivity index (χ3n) is 4.76. The number of hydrogen-bond acceptors (Lipinski definition) is 5. The van der Waals surface area contributed by atoms with Crippen LogP contribution < -0.4 is 5.32 Å². The van der Waals surface area contributed by atoms with Gasteiger partial charge >= 0.3 is 0 Å². The second-order valence-electron chi connectivity index (χ2n) is 7.04. The normalized spacial score (nSPS) is 14.0. The zero-order valence-electron chi connectivity index (χ0n) is 15.3. The third kappa shape index (κ3) is 3.06. The number of benzene rings is 1. The number of furan rings is 1. The van der Waals surface area contributed by atoms with Crippen LogP contribution >= 0.6 is 0 Å². The molecule has 1 atom stereocenters. The summed E-state index contributed by atoms with van der Waals surface area (Å²) in [6, 6.07) is 12.9. The van der Waals surface area contributed by atoms with Gasteiger partial charge in [0.1, 0.15) is 22.7 Å². The lowest BCUT2D eigenvalue weighted by Crippen LogP contribution is -2.50. The molecule has 0 saturated heterocycles. The van der Waals surface area contributed by atoms with Gasteiger partial charge in [0.25, 0.3) is 5.91 Å². The number of para-hydroxylation sites is 1. The number of carbonyl (C=O) groups is 1. The van der Waals surface area contributed by atoms with Crippen molar-refractivity contribution < 1.29 is 14.3 Å².